The van der Waals surface area contributed by atoms with E-state index in [9.17, 15) is 4.79 Å². The predicted octanol–water partition coefficient (Wildman–Crippen LogP) is 6.13. The molecule has 0 bridgehead atoms. The van der Waals surface area contributed by atoms with Crippen molar-refractivity contribution >= 4 is 16.9 Å². The highest BCUT2D eigenvalue weighted by molar-refractivity contribution is 5.94. The molecule has 5 nitrogen and oxygen atoms in total. The van der Waals surface area contributed by atoms with Crippen molar-refractivity contribution in [3.8, 4) is 5.75 Å². The fourth-order valence-corrected chi connectivity index (χ4v) is 4.32. The Morgan fingerprint density at radius 3 is 2.60 bits per heavy atom. The van der Waals surface area contributed by atoms with Crippen molar-refractivity contribution in [3.63, 3.8) is 0 Å². The molecule has 0 atom stereocenters. The molecule has 1 N–H and O–H groups in total. The molecule has 0 saturated heterocycles. The van der Waals surface area contributed by atoms with Crippen LogP contribution in [0.15, 0.2) is 72.8 Å². The Bertz CT molecular complexity index is 1240. The summed E-state index contributed by atoms with van der Waals surface area (Å²) >= 11 is 0. The summed E-state index contributed by atoms with van der Waals surface area (Å²) in [5.74, 6) is 2.00. The van der Waals surface area contributed by atoms with E-state index in [4.69, 9.17) is 9.72 Å². The number of unbranched alkanes of at least 4 members (excludes halogenated alkanes) is 2. The first-order valence-electron chi connectivity index (χ1n) is 12.6. The first-order valence-corrected chi connectivity index (χ1v) is 12.6. The number of para-hydroxylation sites is 2. The molecule has 0 fully saturated rings. The number of ether oxygens (including phenoxy) is 1. The lowest BCUT2D eigenvalue weighted by molar-refractivity contribution is 0.0953. The van der Waals surface area contributed by atoms with E-state index in [1.165, 1.54) is 5.56 Å². The van der Waals surface area contributed by atoms with Gasteiger partial charge in [-0.05, 0) is 68.1 Å². The fourth-order valence-electron chi connectivity index (χ4n) is 4.32. The Labute approximate surface area is 208 Å². The molecular weight excluding hydrogens is 434 g/mol. The number of fused-ring (bicyclic) bond motifs is 1. The number of carbonyl (C=O) groups excluding carboxylic acids is 1. The van der Waals surface area contributed by atoms with Gasteiger partial charge in [-0.15, -0.1) is 0 Å². The lowest BCUT2D eigenvalue weighted by atomic mass is 10.1. The van der Waals surface area contributed by atoms with Crippen LogP contribution in [-0.2, 0) is 19.4 Å². The maximum atomic E-state index is 12.3. The van der Waals surface area contributed by atoms with Crippen LogP contribution >= 0.6 is 0 Å². The third-order valence-corrected chi connectivity index (χ3v) is 6.29. The highest BCUT2D eigenvalue weighted by Gasteiger charge is 2.11. The molecule has 5 heteroatoms. The zero-order valence-electron chi connectivity index (χ0n) is 20.8. The van der Waals surface area contributed by atoms with Crippen molar-refractivity contribution in [2.24, 2.45) is 0 Å². The van der Waals surface area contributed by atoms with E-state index in [0.29, 0.717) is 13.2 Å². The zero-order valence-corrected chi connectivity index (χ0v) is 20.8. The summed E-state index contributed by atoms with van der Waals surface area (Å²) in [5, 5.41) is 3.03. The molecule has 4 rings (SSSR count). The van der Waals surface area contributed by atoms with Crippen LogP contribution in [-0.4, -0.2) is 28.6 Å². The smallest absolute Gasteiger partial charge is 0.251 e. The van der Waals surface area contributed by atoms with Crippen molar-refractivity contribution in [1.82, 2.24) is 14.9 Å². The summed E-state index contributed by atoms with van der Waals surface area (Å²) in [6.45, 7) is 6.21. The van der Waals surface area contributed by atoms with Gasteiger partial charge in [0.1, 0.15) is 18.2 Å². The molecule has 1 heterocycles. The quantitative estimate of drug-likeness (QED) is 0.254. The van der Waals surface area contributed by atoms with Crippen LogP contribution in [0.2, 0.25) is 0 Å². The first-order chi connectivity index (χ1) is 17.1. The highest BCUT2D eigenvalue weighted by atomic mass is 16.5. The SMILES string of the molecule is CCc1ccc(OCCn2c(CCCCCNC(=O)c3cccc(C)c3)nc3ccccc32)cc1. The van der Waals surface area contributed by atoms with Gasteiger partial charge in [0.2, 0.25) is 0 Å². The van der Waals surface area contributed by atoms with Crippen molar-refractivity contribution < 1.29 is 9.53 Å². The molecule has 4 aromatic rings. The van der Waals surface area contributed by atoms with Crippen LogP contribution in [0.4, 0.5) is 0 Å². The van der Waals surface area contributed by atoms with Crippen LogP contribution in [0.1, 0.15) is 53.5 Å². The summed E-state index contributed by atoms with van der Waals surface area (Å²) in [6, 6.07) is 24.3. The maximum Gasteiger partial charge on any atom is 0.251 e. The minimum absolute atomic E-state index is 0.000160. The van der Waals surface area contributed by atoms with Crippen LogP contribution in [0, 0.1) is 6.92 Å². The number of benzene rings is 3. The Morgan fingerprint density at radius 2 is 1.80 bits per heavy atom. The van der Waals surface area contributed by atoms with Crippen LogP contribution in [0.3, 0.4) is 0 Å². The number of imidazole rings is 1. The van der Waals surface area contributed by atoms with Gasteiger partial charge in [0.25, 0.3) is 5.91 Å². The van der Waals surface area contributed by atoms with Crippen LogP contribution in [0.5, 0.6) is 5.75 Å². The van der Waals surface area contributed by atoms with Gasteiger partial charge in [-0.1, -0.05) is 55.3 Å². The van der Waals surface area contributed by atoms with Gasteiger partial charge in [0, 0.05) is 18.5 Å². The van der Waals surface area contributed by atoms with Gasteiger partial charge in [0.05, 0.1) is 17.6 Å². The Kier molecular flexibility index (Phi) is 8.55. The second-order valence-electron chi connectivity index (χ2n) is 8.95. The molecule has 0 unspecified atom stereocenters. The first kappa shape index (κ1) is 24.5. The average molecular weight is 470 g/mol. The third-order valence-electron chi connectivity index (χ3n) is 6.29. The lowest BCUT2D eigenvalue weighted by Gasteiger charge is -2.11. The lowest BCUT2D eigenvalue weighted by Crippen LogP contribution is -2.24. The Morgan fingerprint density at radius 1 is 0.971 bits per heavy atom. The molecule has 0 saturated carbocycles. The molecule has 0 aliphatic rings. The van der Waals surface area contributed by atoms with Crippen molar-refractivity contribution in [1.29, 1.82) is 0 Å². The summed E-state index contributed by atoms with van der Waals surface area (Å²) < 4.78 is 8.30. The molecule has 0 aliphatic heterocycles. The largest absolute Gasteiger partial charge is 0.492 e. The van der Waals surface area contributed by atoms with E-state index >= 15 is 0 Å². The number of nitrogens with zero attached hydrogens (tertiary/aromatic N) is 2. The minimum atomic E-state index is -0.000160. The topological polar surface area (TPSA) is 56.1 Å². The fraction of sp³-hybridized carbons (Fsp3) is 0.333. The molecule has 0 aliphatic carbocycles. The van der Waals surface area contributed by atoms with E-state index < -0.39 is 0 Å². The number of rotatable bonds is 12. The molecule has 0 radical (unpaired) electrons. The van der Waals surface area contributed by atoms with Crippen molar-refractivity contribution in [2.45, 2.75) is 52.5 Å². The van der Waals surface area contributed by atoms with Gasteiger partial charge in [-0.25, -0.2) is 4.98 Å². The molecule has 182 valence electrons. The highest BCUT2D eigenvalue weighted by Crippen LogP contribution is 2.19. The van der Waals surface area contributed by atoms with Gasteiger partial charge in [-0.2, -0.15) is 0 Å². The van der Waals surface area contributed by atoms with Gasteiger partial charge >= 0.3 is 0 Å². The summed E-state index contributed by atoms with van der Waals surface area (Å²) in [4.78, 5) is 17.2. The summed E-state index contributed by atoms with van der Waals surface area (Å²) in [5.41, 5.74) is 5.32. The van der Waals surface area contributed by atoms with Gasteiger partial charge in [-0.3, -0.25) is 4.79 Å². The molecular formula is C30H35N3O2. The summed E-state index contributed by atoms with van der Waals surface area (Å²) in [7, 11) is 0. The summed E-state index contributed by atoms with van der Waals surface area (Å²) in [6.07, 6.45) is 4.96. The standard InChI is InChI=1S/C30H35N3O2/c1-3-24-15-17-26(18-16-24)35-21-20-33-28-13-7-6-12-27(28)32-29(33)14-5-4-8-19-31-30(34)25-11-9-10-23(2)22-25/h6-7,9-13,15-18,22H,3-5,8,14,19-21H2,1-2H3,(H,31,34). The zero-order chi connectivity index (χ0) is 24.5. The number of nitrogens with one attached hydrogen (secondary N) is 1. The van der Waals surface area contributed by atoms with E-state index in [1.54, 1.807) is 0 Å². The number of amides is 1. The number of aromatic nitrogens is 2. The van der Waals surface area contributed by atoms with E-state index in [1.807, 2.05) is 49.4 Å². The van der Waals surface area contributed by atoms with E-state index in [-0.39, 0.29) is 5.91 Å². The number of hydrogen-bond donors (Lipinski definition) is 1. The Hall–Kier alpha value is -3.60. The second kappa shape index (κ2) is 12.2. The van der Waals surface area contributed by atoms with Crippen LogP contribution in [0.25, 0.3) is 11.0 Å². The number of hydrogen-bond acceptors (Lipinski definition) is 3. The van der Waals surface area contributed by atoms with Crippen molar-refractivity contribution in [3.05, 3.63) is 95.3 Å². The molecule has 1 aromatic heterocycles. The number of carbonyl (C=O) groups is 1. The van der Waals surface area contributed by atoms with E-state index in [2.05, 4.69) is 47.1 Å². The molecule has 3 aromatic carbocycles. The van der Waals surface area contributed by atoms with Crippen LogP contribution < -0.4 is 10.1 Å². The van der Waals surface area contributed by atoms with Gasteiger partial charge in [0.15, 0.2) is 0 Å². The molecule has 35 heavy (non-hydrogen) atoms. The monoisotopic (exact) mass is 469 g/mol. The van der Waals surface area contributed by atoms with Crippen molar-refractivity contribution in [2.75, 3.05) is 13.2 Å². The van der Waals surface area contributed by atoms with E-state index in [0.717, 1.165) is 72.4 Å². The molecule has 0 spiro atoms. The number of aryl methyl sites for hydroxylation is 3. The normalized spacial score (nSPS) is 11.0. The molecule has 1 amide bonds. The maximum absolute atomic E-state index is 12.3. The Balaban J connectivity index is 1.26. The second-order valence-corrected chi connectivity index (χ2v) is 8.95. The average Bonchev–Trinajstić information content (AvgIpc) is 3.23. The minimum Gasteiger partial charge on any atom is -0.492 e. The third kappa shape index (κ3) is 6.72. The predicted molar refractivity (Wildman–Crippen MR) is 142 cm³/mol. The van der Waals surface area contributed by atoms with Gasteiger partial charge < -0.3 is 14.6 Å².